The molecule has 0 N–H and O–H groups in total. The van der Waals surface area contributed by atoms with Crippen LogP contribution in [0.2, 0.25) is 0 Å². The zero-order valence-corrected chi connectivity index (χ0v) is 10.8. The minimum absolute atomic E-state index is 0.260. The minimum Gasteiger partial charge on any atom is -0.360 e. The van der Waals surface area contributed by atoms with Crippen LogP contribution in [0.15, 0.2) is 35.5 Å². The zero-order valence-electron chi connectivity index (χ0n) is 10.8. The molecule has 0 spiro atoms. The van der Waals surface area contributed by atoms with E-state index in [0.29, 0.717) is 12.2 Å². The van der Waals surface area contributed by atoms with E-state index in [1.54, 1.807) is 0 Å². The van der Waals surface area contributed by atoms with Crippen LogP contribution in [0.3, 0.4) is 0 Å². The molecule has 0 radical (unpaired) electrons. The molecule has 0 aromatic rings. The normalized spacial score (nSPS) is 33.2. The van der Waals surface area contributed by atoms with Gasteiger partial charge in [0.15, 0.2) is 0 Å². The van der Waals surface area contributed by atoms with Gasteiger partial charge in [-0.15, -0.1) is 0 Å². The highest BCUT2D eigenvalue weighted by Crippen LogP contribution is 2.34. The molecule has 0 amide bonds. The van der Waals surface area contributed by atoms with Crippen LogP contribution in [-0.2, 0) is 4.74 Å². The summed E-state index contributed by atoms with van der Waals surface area (Å²) in [5.74, 6) is 0. The van der Waals surface area contributed by atoms with Crippen LogP contribution in [0, 0.1) is 5.41 Å². The maximum Gasteiger partial charge on any atom is 0.109 e. The summed E-state index contributed by atoms with van der Waals surface area (Å²) in [6, 6.07) is 0. The molecule has 1 saturated heterocycles. The molecule has 1 aliphatic heterocycles. The number of rotatable bonds is 0. The first kappa shape index (κ1) is 11.7. The molecule has 0 saturated carbocycles. The average Bonchev–Trinajstić information content (AvgIpc) is 2.92. The smallest absolute Gasteiger partial charge is 0.109 e. The van der Waals surface area contributed by atoms with Crippen LogP contribution in [0.4, 0.5) is 0 Å². The van der Waals surface area contributed by atoms with Crippen LogP contribution in [-0.4, -0.2) is 12.2 Å². The van der Waals surface area contributed by atoms with E-state index in [1.165, 1.54) is 11.1 Å². The predicted molar refractivity (Wildman–Crippen MR) is 68.3 cm³/mol. The molecule has 88 valence electrons. The molecule has 16 heavy (non-hydrogen) atoms. The quantitative estimate of drug-likeness (QED) is 0.442. The molecule has 1 aliphatic carbocycles. The Morgan fingerprint density at radius 2 is 2.06 bits per heavy atom. The van der Waals surface area contributed by atoms with E-state index in [0.717, 1.165) is 12.8 Å². The van der Waals surface area contributed by atoms with Gasteiger partial charge >= 0.3 is 0 Å². The topological polar surface area (TPSA) is 12.5 Å². The van der Waals surface area contributed by atoms with Gasteiger partial charge in [-0.3, -0.25) is 0 Å². The first-order valence-corrected chi connectivity index (χ1v) is 6.15. The van der Waals surface area contributed by atoms with Gasteiger partial charge in [-0.05, 0) is 37.7 Å². The van der Waals surface area contributed by atoms with Crippen LogP contribution in [0.5, 0.6) is 0 Å². The number of hydrogen-bond donors (Lipinski definition) is 0. The fourth-order valence-corrected chi connectivity index (χ4v) is 2.14. The van der Waals surface area contributed by atoms with Crippen molar-refractivity contribution >= 4 is 0 Å². The third-order valence-corrected chi connectivity index (χ3v) is 3.38. The highest BCUT2D eigenvalue weighted by Gasteiger charge is 2.38. The van der Waals surface area contributed by atoms with Gasteiger partial charge < -0.3 is 4.74 Å². The molecule has 1 nitrogen and oxygen atoms in total. The van der Waals surface area contributed by atoms with Crippen LogP contribution >= 0.6 is 0 Å². The summed E-state index contributed by atoms with van der Waals surface area (Å²) < 4.78 is 5.67. The van der Waals surface area contributed by atoms with Gasteiger partial charge in [0.1, 0.15) is 12.2 Å². The van der Waals surface area contributed by atoms with E-state index in [-0.39, 0.29) is 5.41 Å². The van der Waals surface area contributed by atoms with E-state index >= 15 is 0 Å². The lowest BCUT2D eigenvalue weighted by Gasteiger charge is -2.18. The summed E-state index contributed by atoms with van der Waals surface area (Å²) in [5, 5.41) is 0. The lowest BCUT2D eigenvalue weighted by Crippen LogP contribution is -2.06. The molecular weight excluding hydrogens is 196 g/mol. The number of epoxide rings is 1. The van der Waals surface area contributed by atoms with Crippen molar-refractivity contribution < 1.29 is 4.74 Å². The van der Waals surface area contributed by atoms with Crippen molar-refractivity contribution in [3.05, 3.63) is 35.5 Å². The molecule has 0 aromatic heterocycles. The summed E-state index contributed by atoms with van der Waals surface area (Å²) in [6.07, 6.45) is 12.1. The largest absolute Gasteiger partial charge is 0.360 e. The molecule has 2 aliphatic rings. The molecule has 0 aromatic carbocycles. The van der Waals surface area contributed by atoms with Crippen LogP contribution in [0.1, 0.15) is 40.5 Å². The Bertz CT molecular complexity index is 358. The molecule has 1 heterocycles. The van der Waals surface area contributed by atoms with Crippen molar-refractivity contribution in [2.45, 2.75) is 52.7 Å². The molecule has 1 heteroatoms. The number of hydrogen-bond acceptors (Lipinski definition) is 1. The second-order valence-electron chi connectivity index (χ2n) is 5.78. The fourth-order valence-electron chi connectivity index (χ4n) is 2.14. The van der Waals surface area contributed by atoms with Gasteiger partial charge in [-0.25, -0.2) is 0 Å². The first-order valence-electron chi connectivity index (χ1n) is 6.15. The van der Waals surface area contributed by atoms with Gasteiger partial charge in [0.05, 0.1) is 0 Å². The molecule has 0 bridgehead atoms. The molecule has 2 rings (SSSR count). The van der Waals surface area contributed by atoms with Crippen LogP contribution in [0.25, 0.3) is 0 Å². The Labute approximate surface area is 98.9 Å². The average molecular weight is 218 g/mol. The van der Waals surface area contributed by atoms with Crippen molar-refractivity contribution in [3.63, 3.8) is 0 Å². The van der Waals surface area contributed by atoms with E-state index in [2.05, 4.69) is 52.0 Å². The van der Waals surface area contributed by atoms with Crippen molar-refractivity contribution in [1.82, 2.24) is 0 Å². The number of allylic oxidation sites excluding steroid dienone is 4. The summed E-state index contributed by atoms with van der Waals surface area (Å²) in [6.45, 7) is 8.95. The van der Waals surface area contributed by atoms with E-state index in [9.17, 15) is 0 Å². The van der Waals surface area contributed by atoms with Gasteiger partial charge in [0.2, 0.25) is 0 Å². The first-order chi connectivity index (χ1) is 7.48. The molecule has 2 atom stereocenters. The standard InChI is InChI=1S/C15H22O/c1-11-6-5-8-15(3,4)9-7-12(2)14-13(10-11)16-14/h5,7-8,10,13-14H,6,9H2,1-4H3. The van der Waals surface area contributed by atoms with Crippen LogP contribution < -0.4 is 0 Å². The van der Waals surface area contributed by atoms with Gasteiger partial charge in [-0.1, -0.05) is 43.7 Å². The van der Waals surface area contributed by atoms with Crippen molar-refractivity contribution in [2.24, 2.45) is 5.41 Å². The molecule has 1 fully saturated rings. The number of ether oxygens (including phenoxy) is 1. The SMILES string of the molecule is CC1=CC2OC2C(C)=CCC(C)(C)C=CC1. The maximum absolute atomic E-state index is 5.67. The lowest BCUT2D eigenvalue weighted by atomic mass is 9.87. The van der Waals surface area contributed by atoms with Gasteiger partial charge in [-0.2, -0.15) is 0 Å². The molecular formula is C15H22O. The van der Waals surface area contributed by atoms with Crippen molar-refractivity contribution in [3.8, 4) is 0 Å². The lowest BCUT2D eigenvalue weighted by molar-refractivity contribution is 0.404. The zero-order chi connectivity index (χ0) is 11.8. The Balaban J connectivity index is 2.20. The summed E-state index contributed by atoms with van der Waals surface area (Å²) in [7, 11) is 0. The van der Waals surface area contributed by atoms with Gasteiger partial charge in [0.25, 0.3) is 0 Å². The van der Waals surface area contributed by atoms with E-state index in [4.69, 9.17) is 4.74 Å². The molecule has 2 unspecified atom stereocenters. The third kappa shape index (κ3) is 2.85. The summed E-state index contributed by atoms with van der Waals surface area (Å²) in [5.41, 5.74) is 3.06. The Kier molecular flexibility index (Phi) is 3.07. The highest BCUT2D eigenvalue weighted by atomic mass is 16.6. The van der Waals surface area contributed by atoms with Crippen molar-refractivity contribution in [2.75, 3.05) is 0 Å². The monoisotopic (exact) mass is 218 g/mol. The van der Waals surface area contributed by atoms with Gasteiger partial charge in [0, 0.05) is 0 Å². The van der Waals surface area contributed by atoms with Crippen molar-refractivity contribution in [1.29, 1.82) is 0 Å². The number of fused-ring (bicyclic) bond motifs is 1. The second-order valence-corrected chi connectivity index (χ2v) is 5.78. The van der Waals surface area contributed by atoms with E-state index < -0.39 is 0 Å². The summed E-state index contributed by atoms with van der Waals surface area (Å²) in [4.78, 5) is 0. The minimum atomic E-state index is 0.260. The predicted octanol–water partition coefficient (Wildman–Crippen LogP) is 4.02. The highest BCUT2D eigenvalue weighted by molar-refractivity contribution is 5.24. The third-order valence-electron chi connectivity index (χ3n) is 3.38. The second kappa shape index (κ2) is 4.21. The maximum atomic E-state index is 5.67. The summed E-state index contributed by atoms with van der Waals surface area (Å²) >= 11 is 0. The Hall–Kier alpha value is -0.820. The van der Waals surface area contributed by atoms with E-state index in [1.807, 2.05) is 0 Å². The Morgan fingerprint density at radius 1 is 1.31 bits per heavy atom. The Morgan fingerprint density at radius 3 is 2.81 bits per heavy atom. The fraction of sp³-hybridized carbons (Fsp3) is 0.600.